The van der Waals surface area contributed by atoms with Crippen molar-refractivity contribution in [3.63, 3.8) is 0 Å². The van der Waals surface area contributed by atoms with E-state index in [1.54, 1.807) is 5.57 Å². The summed E-state index contributed by atoms with van der Waals surface area (Å²) in [5.74, 6) is 17.3. The first-order valence-electron chi connectivity index (χ1n) is 38.8. The Bertz CT molecular complexity index is 2700. The molecule has 0 radical (unpaired) electrons. The zero-order valence-corrected chi connectivity index (χ0v) is 58.7. The minimum absolute atomic E-state index is 0.124. The lowest BCUT2D eigenvalue weighted by atomic mass is 9.49. The molecule has 9 heteroatoms. The Labute approximate surface area is 562 Å². The summed E-state index contributed by atoms with van der Waals surface area (Å²) < 4.78 is 0. The van der Waals surface area contributed by atoms with E-state index in [0.29, 0.717) is 99.1 Å². The van der Waals surface area contributed by atoms with Crippen LogP contribution >= 0.6 is 0 Å². The van der Waals surface area contributed by atoms with Crippen molar-refractivity contribution in [3.05, 3.63) is 36.0 Å². The average molecular weight is 1270 g/mol. The van der Waals surface area contributed by atoms with Gasteiger partial charge in [-0.3, -0.25) is 0 Å². The number of nitriles is 1. The maximum atomic E-state index is 11.0. The number of aldehydes is 8. The Morgan fingerprint density at radius 3 is 1.42 bits per heavy atom. The van der Waals surface area contributed by atoms with E-state index in [1.165, 1.54) is 179 Å². The fourth-order valence-electron chi connectivity index (χ4n) is 25.2. The van der Waals surface area contributed by atoms with Crippen LogP contribution in [-0.2, 0) is 38.4 Å². The van der Waals surface area contributed by atoms with Crippen molar-refractivity contribution in [1.82, 2.24) is 0 Å². The Morgan fingerprint density at radius 2 is 1.00 bits per heavy atom. The summed E-state index contributed by atoms with van der Waals surface area (Å²) in [5.41, 5.74) is 2.68. The van der Waals surface area contributed by atoms with Crippen LogP contribution in [0.3, 0.4) is 0 Å². The van der Waals surface area contributed by atoms with Crippen LogP contribution < -0.4 is 0 Å². The fourth-order valence-corrected chi connectivity index (χ4v) is 25.2. The van der Waals surface area contributed by atoms with E-state index in [2.05, 4.69) is 84.9 Å². The molecule has 16 bridgehead atoms. The second-order valence-electron chi connectivity index (χ2n) is 36.6. The van der Waals surface area contributed by atoms with Gasteiger partial charge in [0, 0.05) is 52.8 Å². The molecular formula is C84H123NO8. The molecule has 20 aliphatic carbocycles. The lowest BCUT2D eigenvalue weighted by molar-refractivity contribution is -0.126. The van der Waals surface area contributed by atoms with Gasteiger partial charge in [-0.05, 0) is 297 Å². The highest BCUT2D eigenvalue weighted by atomic mass is 16.1. The van der Waals surface area contributed by atoms with Gasteiger partial charge in [-0.2, -0.15) is 5.26 Å². The average Bonchev–Trinajstić information content (AvgIpc) is 1.63. The molecule has 0 aromatic carbocycles. The van der Waals surface area contributed by atoms with Gasteiger partial charge in [-0.1, -0.05) is 110 Å². The van der Waals surface area contributed by atoms with E-state index in [1.807, 2.05) is 0 Å². The van der Waals surface area contributed by atoms with Gasteiger partial charge in [-0.25, -0.2) is 0 Å². The Hall–Kier alpha value is -3.93. The lowest BCUT2D eigenvalue weighted by Crippen LogP contribution is -2.50. The highest BCUT2D eigenvalue weighted by molar-refractivity contribution is 5.60. The third kappa shape index (κ3) is 14.5. The minimum atomic E-state index is 0.124. The Kier molecular flexibility index (Phi) is 22.7. The molecule has 0 spiro atoms. The number of hydrogen-bond donors (Lipinski definition) is 0. The van der Waals surface area contributed by atoms with Crippen LogP contribution in [0.4, 0.5) is 0 Å². The van der Waals surface area contributed by atoms with E-state index in [9.17, 15) is 38.4 Å². The molecular weight excluding hydrogens is 1150 g/mol. The van der Waals surface area contributed by atoms with Gasteiger partial charge >= 0.3 is 0 Å². The van der Waals surface area contributed by atoms with Crippen LogP contribution in [0.15, 0.2) is 36.0 Å². The second-order valence-corrected chi connectivity index (χ2v) is 36.6. The van der Waals surface area contributed by atoms with Gasteiger partial charge in [0.25, 0.3) is 0 Å². The topological polar surface area (TPSA) is 160 Å². The summed E-state index contributed by atoms with van der Waals surface area (Å²) in [6.45, 7) is 16.0. The van der Waals surface area contributed by atoms with E-state index < -0.39 is 0 Å². The summed E-state index contributed by atoms with van der Waals surface area (Å²) >= 11 is 0. The predicted octanol–water partition coefficient (Wildman–Crippen LogP) is 18.1. The number of carbonyl (C=O) groups excluding carboxylic acids is 8. The van der Waals surface area contributed by atoms with Crippen LogP contribution in [0.2, 0.25) is 0 Å². The molecule has 17 saturated carbocycles. The van der Waals surface area contributed by atoms with Crippen molar-refractivity contribution in [1.29, 1.82) is 5.26 Å². The monoisotopic (exact) mass is 1270 g/mol. The fraction of sp³-hybridized carbons (Fsp3) is 0.821. The van der Waals surface area contributed by atoms with Crippen LogP contribution in [0.1, 0.15) is 248 Å². The summed E-state index contributed by atoms with van der Waals surface area (Å²) in [6.07, 6.45) is 60.4. The van der Waals surface area contributed by atoms with E-state index in [0.717, 1.165) is 141 Å². The number of nitrogens with zero attached hydrogens (tertiary/aromatic N) is 1. The van der Waals surface area contributed by atoms with Gasteiger partial charge in [0.2, 0.25) is 0 Å². The Morgan fingerprint density at radius 1 is 0.419 bits per heavy atom. The molecule has 0 aromatic rings. The lowest BCUT2D eigenvalue weighted by Gasteiger charge is -2.54. The van der Waals surface area contributed by atoms with Crippen molar-refractivity contribution in [2.24, 2.45) is 181 Å². The van der Waals surface area contributed by atoms with Crippen LogP contribution in [0.25, 0.3) is 0 Å². The number of rotatable bonds is 8. The van der Waals surface area contributed by atoms with E-state index >= 15 is 0 Å². The van der Waals surface area contributed by atoms with Crippen LogP contribution in [-0.4, -0.2) is 50.3 Å². The molecule has 20 rings (SSSR count). The molecule has 93 heavy (non-hydrogen) atoms. The third-order valence-corrected chi connectivity index (χ3v) is 31.7. The molecule has 0 N–H and O–H groups in total. The van der Waals surface area contributed by atoms with Crippen molar-refractivity contribution in [2.45, 2.75) is 248 Å². The Balaban J connectivity index is 0.000000109. The standard InChI is InChI=1S/C12H15NO.C12H18O.C11H16O.C11H18O.C11H16O.C11H18O.C8H12O.C8H10O/c13-5-11-7-1-9-3-8(11)4-10(2-7)12(9)6-14;1-9-2-4-12-7-10(8-13)3-5-11(12)6-9;12-6-11-9-2-7-1-8(4-9)5-10(11)3-7;2*1-10(2)8-4-5-11(10,3)9(6-8)7-12;12-8-9-5-6-10-3-1-2-4-11(10)7-9;2*9-5-8-4-6-1-2-7(8)3-6/h6-12H,1-4H2;6,8,10-12H,2-5,7H2,1H3;6-11H,1-5H2;7-9H,4-6H2,1-3H3;4-5,7-9H,6H2,1-3H3;8-11H,1-7H2;5-8H,1-4H2;1-2,5-8H,3-4H2. The van der Waals surface area contributed by atoms with Crippen molar-refractivity contribution in [2.75, 3.05) is 0 Å². The maximum absolute atomic E-state index is 11.0. The van der Waals surface area contributed by atoms with E-state index in [4.69, 9.17) is 5.26 Å². The normalized spacial score (nSPS) is 47.9. The van der Waals surface area contributed by atoms with Gasteiger partial charge in [0.15, 0.2) is 0 Å². The number of allylic oxidation sites excluding steroid dienone is 6. The predicted molar refractivity (Wildman–Crippen MR) is 367 cm³/mol. The first kappa shape index (κ1) is 70.4. The van der Waals surface area contributed by atoms with Crippen molar-refractivity contribution < 1.29 is 38.4 Å². The number of hydrogen-bond acceptors (Lipinski definition) is 9. The van der Waals surface area contributed by atoms with Crippen LogP contribution in [0, 0.1) is 193 Å². The molecule has 9 nitrogen and oxygen atoms in total. The van der Waals surface area contributed by atoms with Crippen LogP contribution in [0.5, 0.6) is 0 Å². The molecule has 20 aliphatic rings. The van der Waals surface area contributed by atoms with Crippen molar-refractivity contribution >= 4 is 50.3 Å². The summed E-state index contributed by atoms with van der Waals surface area (Å²) in [5, 5.41) is 9.10. The highest BCUT2D eigenvalue weighted by Crippen LogP contribution is 2.68. The molecule has 512 valence electrons. The van der Waals surface area contributed by atoms with Gasteiger partial charge in [0.1, 0.15) is 50.3 Å². The first-order chi connectivity index (χ1) is 44.7. The molecule has 17 fully saturated rings. The second kappa shape index (κ2) is 30.0. The van der Waals surface area contributed by atoms with Gasteiger partial charge < -0.3 is 38.4 Å². The summed E-state index contributed by atoms with van der Waals surface area (Å²) in [4.78, 5) is 85.7. The molecule has 0 heterocycles. The molecule has 18 unspecified atom stereocenters. The van der Waals surface area contributed by atoms with Crippen molar-refractivity contribution in [3.8, 4) is 6.07 Å². The van der Waals surface area contributed by atoms with E-state index in [-0.39, 0.29) is 11.3 Å². The number of fused-ring (bicyclic) bond motifs is 10. The molecule has 0 saturated heterocycles. The zero-order chi connectivity index (χ0) is 66.0. The quantitative estimate of drug-likeness (QED) is 0.170. The SMILES string of the molecule is CC1(C)C2C=CC1(C)C(C=O)C2.CC1(C)C2CCC1(C)C(C=O)C2.CC1=CC2CCC(C=O)CC2CC1.N#CC1C2CC3CC1CC(C2)C3C=O.O=CC1C2CC3CC(C2)CC1C3.O=CC1CC2C=CC1C2.O=CC1CC2CCC1C2.O=CC1CCC2CCCCC2C1. The molecule has 0 aromatic heterocycles. The third-order valence-electron chi connectivity index (χ3n) is 31.7. The van der Waals surface area contributed by atoms with Gasteiger partial charge in [0.05, 0.1) is 12.0 Å². The minimum Gasteiger partial charge on any atom is -0.303 e. The summed E-state index contributed by atoms with van der Waals surface area (Å²) in [7, 11) is 0. The molecule has 0 aliphatic heterocycles. The summed E-state index contributed by atoms with van der Waals surface area (Å²) in [6, 6.07) is 2.49. The smallest absolute Gasteiger partial charge is 0.123 e. The highest BCUT2D eigenvalue weighted by Gasteiger charge is 2.62. The largest absolute Gasteiger partial charge is 0.303 e. The zero-order valence-electron chi connectivity index (χ0n) is 58.7. The molecule has 0 amide bonds. The first-order valence-corrected chi connectivity index (χ1v) is 38.8. The maximum Gasteiger partial charge on any atom is 0.123 e. The molecule has 18 atom stereocenters. The number of carbonyl (C=O) groups is 8. The van der Waals surface area contributed by atoms with Gasteiger partial charge in [-0.15, -0.1) is 0 Å².